The molecule has 2 aromatic heterocycles. The summed E-state index contributed by atoms with van der Waals surface area (Å²) < 4.78 is 8.43. The Labute approximate surface area is 137 Å². The van der Waals surface area contributed by atoms with Gasteiger partial charge in [0.1, 0.15) is 17.4 Å². The molecule has 2 aliphatic heterocycles. The smallest absolute Gasteiger partial charge is 0.161 e. The molecule has 2 unspecified atom stereocenters. The number of ether oxygens (including phenoxy) is 1. The zero-order chi connectivity index (χ0) is 15.8. The van der Waals surface area contributed by atoms with Gasteiger partial charge in [-0.25, -0.2) is 9.97 Å². The van der Waals surface area contributed by atoms with Gasteiger partial charge < -0.3 is 4.74 Å². The first-order valence-corrected chi connectivity index (χ1v) is 8.96. The predicted molar refractivity (Wildman–Crippen MR) is 90.2 cm³/mol. The average molecular weight is 314 g/mol. The van der Waals surface area contributed by atoms with Crippen molar-refractivity contribution in [3.63, 3.8) is 0 Å². The summed E-state index contributed by atoms with van der Waals surface area (Å²) in [6, 6.07) is 4.57. The number of likely N-dealkylation sites (tertiary alicyclic amines) is 1. The molecular weight excluding hydrogens is 288 g/mol. The normalized spacial score (nSPS) is 26.4. The molecule has 0 saturated carbocycles. The van der Waals surface area contributed by atoms with Gasteiger partial charge >= 0.3 is 0 Å². The van der Waals surface area contributed by atoms with Gasteiger partial charge in [0.15, 0.2) is 5.65 Å². The lowest BCUT2D eigenvalue weighted by atomic mass is 10.1. The summed E-state index contributed by atoms with van der Waals surface area (Å²) in [5, 5.41) is 0. The van der Waals surface area contributed by atoms with Crippen LogP contribution in [0.15, 0.2) is 18.3 Å². The minimum atomic E-state index is 0.118. The van der Waals surface area contributed by atoms with Crippen LogP contribution in [0.5, 0.6) is 0 Å². The van der Waals surface area contributed by atoms with E-state index in [2.05, 4.69) is 34.4 Å². The maximum atomic E-state index is 6.06. The van der Waals surface area contributed by atoms with Crippen LogP contribution in [0.3, 0.4) is 0 Å². The van der Waals surface area contributed by atoms with Crippen LogP contribution >= 0.6 is 0 Å². The van der Waals surface area contributed by atoms with Gasteiger partial charge in [-0.1, -0.05) is 0 Å². The Morgan fingerprint density at radius 3 is 2.91 bits per heavy atom. The summed E-state index contributed by atoms with van der Waals surface area (Å²) in [6.45, 7) is 6.56. The topological polar surface area (TPSA) is 43.2 Å². The molecule has 0 aliphatic carbocycles. The molecule has 2 fully saturated rings. The molecule has 5 heteroatoms. The lowest BCUT2D eigenvalue weighted by Crippen LogP contribution is -2.34. The van der Waals surface area contributed by atoms with E-state index < -0.39 is 0 Å². The van der Waals surface area contributed by atoms with Gasteiger partial charge in [0, 0.05) is 25.4 Å². The van der Waals surface area contributed by atoms with E-state index in [1.807, 2.05) is 12.3 Å². The quantitative estimate of drug-likeness (QED) is 0.867. The van der Waals surface area contributed by atoms with Gasteiger partial charge in [-0.15, -0.1) is 0 Å². The van der Waals surface area contributed by atoms with Gasteiger partial charge in [-0.3, -0.25) is 9.47 Å². The second-order valence-electron chi connectivity index (χ2n) is 7.00. The van der Waals surface area contributed by atoms with E-state index in [0.29, 0.717) is 12.2 Å². The highest BCUT2D eigenvalue weighted by Crippen LogP contribution is 2.37. The fourth-order valence-corrected chi connectivity index (χ4v) is 4.06. The third-order valence-electron chi connectivity index (χ3n) is 5.17. The van der Waals surface area contributed by atoms with Gasteiger partial charge in [-0.05, 0) is 58.1 Å². The van der Waals surface area contributed by atoms with E-state index in [0.717, 1.165) is 43.0 Å². The van der Waals surface area contributed by atoms with Crippen LogP contribution in [-0.4, -0.2) is 38.6 Å². The van der Waals surface area contributed by atoms with Crippen molar-refractivity contribution in [3.8, 4) is 0 Å². The van der Waals surface area contributed by atoms with E-state index in [4.69, 9.17) is 9.72 Å². The Bertz CT molecular complexity index is 675. The molecule has 2 atom stereocenters. The molecule has 5 nitrogen and oxygen atoms in total. The van der Waals surface area contributed by atoms with Gasteiger partial charge in [0.2, 0.25) is 0 Å². The molecule has 2 saturated heterocycles. The van der Waals surface area contributed by atoms with Crippen molar-refractivity contribution in [3.05, 3.63) is 24.2 Å². The highest BCUT2D eigenvalue weighted by molar-refractivity contribution is 5.71. The SMILES string of the molecule is CC(C)N1CCCC1n1c(C2CCCCO2)nc2cccnc21. The Morgan fingerprint density at radius 1 is 1.22 bits per heavy atom. The molecule has 0 amide bonds. The van der Waals surface area contributed by atoms with Gasteiger partial charge in [-0.2, -0.15) is 0 Å². The average Bonchev–Trinajstić information content (AvgIpc) is 3.19. The van der Waals surface area contributed by atoms with Crippen molar-refractivity contribution in [1.82, 2.24) is 19.4 Å². The minimum absolute atomic E-state index is 0.118. The van der Waals surface area contributed by atoms with Crippen molar-refractivity contribution in [2.45, 2.75) is 64.3 Å². The maximum Gasteiger partial charge on any atom is 0.161 e. The zero-order valence-corrected chi connectivity index (χ0v) is 14.1. The second kappa shape index (κ2) is 6.21. The van der Waals surface area contributed by atoms with E-state index in [9.17, 15) is 0 Å². The van der Waals surface area contributed by atoms with Gasteiger partial charge in [0.05, 0.1) is 6.17 Å². The molecule has 0 spiro atoms. The Kier molecular flexibility index (Phi) is 4.07. The monoisotopic (exact) mass is 314 g/mol. The fourth-order valence-electron chi connectivity index (χ4n) is 4.06. The first-order chi connectivity index (χ1) is 11.3. The van der Waals surface area contributed by atoms with E-state index in [1.165, 1.54) is 19.3 Å². The standard InChI is InChI=1S/C18H26N4O/c1-13(2)21-11-6-9-16(21)22-17-14(7-5-10-19-17)20-18(22)15-8-3-4-12-23-15/h5,7,10,13,15-16H,3-4,6,8-9,11-12H2,1-2H3. The maximum absolute atomic E-state index is 6.06. The van der Waals surface area contributed by atoms with Crippen molar-refractivity contribution < 1.29 is 4.74 Å². The third-order valence-corrected chi connectivity index (χ3v) is 5.17. The summed E-state index contributed by atoms with van der Waals surface area (Å²) in [5.41, 5.74) is 2.00. The van der Waals surface area contributed by atoms with Crippen LogP contribution in [0, 0.1) is 0 Å². The summed E-state index contributed by atoms with van der Waals surface area (Å²) in [7, 11) is 0. The summed E-state index contributed by atoms with van der Waals surface area (Å²) in [4.78, 5) is 12.1. The number of hydrogen-bond acceptors (Lipinski definition) is 4. The molecule has 4 rings (SSSR count). The highest BCUT2D eigenvalue weighted by atomic mass is 16.5. The number of aromatic nitrogens is 3. The zero-order valence-electron chi connectivity index (χ0n) is 14.1. The number of hydrogen-bond donors (Lipinski definition) is 0. The Hall–Kier alpha value is -1.46. The van der Waals surface area contributed by atoms with Crippen LogP contribution in [0.4, 0.5) is 0 Å². The first kappa shape index (κ1) is 15.1. The molecule has 0 aromatic carbocycles. The molecule has 4 heterocycles. The molecule has 124 valence electrons. The third kappa shape index (κ3) is 2.66. The number of nitrogens with zero attached hydrogens (tertiary/aromatic N) is 4. The summed E-state index contributed by atoms with van der Waals surface area (Å²) >= 11 is 0. The molecule has 2 aromatic rings. The molecule has 23 heavy (non-hydrogen) atoms. The van der Waals surface area contributed by atoms with Crippen molar-refractivity contribution in [1.29, 1.82) is 0 Å². The van der Waals surface area contributed by atoms with E-state index in [1.54, 1.807) is 0 Å². The first-order valence-electron chi connectivity index (χ1n) is 8.96. The van der Waals surface area contributed by atoms with Crippen LogP contribution in [0.25, 0.3) is 11.2 Å². The number of imidazole rings is 1. The van der Waals surface area contributed by atoms with E-state index >= 15 is 0 Å². The number of pyridine rings is 1. The fraction of sp³-hybridized carbons (Fsp3) is 0.667. The van der Waals surface area contributed by atoms with Crippen LogP contribution in [0.1, 0.15) is 64.0 Å². The lowest BCUT2D eigenvalue weighted by molar-refractivity contribution is 0.00377. The Morgan fingerprint density at radius 2 is 2.13 bits per heavy atom. The molecule has 2 aliphatic rings. The summed E-state index contributed by atoms with van der Waals surface area (Å²) in [6.07, 6.45) is 8.21. The summed E-state index contributed by atoms with van der Waals surface area (Å²) in [5.74, 6) is 1.08. The van der Waals surface area contributed by atoms with E-state index in [-0.39, 0.29) is 6.10 Å². The van der Waals surface area contributed by atoms with Crippen molar-refractivity contribution in [2.75, 3.05) is 13.2 Å². The van der Waals surface area contributed by atoms with Crippen LogP contribution < -0.4 is 0 Å². The number of rotatable bonds is 3. The largest absolute Gasteiger partial charge is 0.370 e. The highest BCUT2D eigenvalue weighted by Gasteiger charge is 2.33. The van der Waals surface area contributed by atoms with Crippen LogP contribution in [0.2, 0.25) is 0 Å². The molecule has 0 bridgehead atoms. The van der Waals surface area contributed by atoms with Crippen molar-refractivity contribution in [2.24, 2.45) is 0 Å². The predicted octanol–water partition coefficient (Wildman–Crippen LogP) is 3.68. The minimum Gasteiger partial charge on any atom is -0.370 e. The molecule has 0 N–H and O–H groups in total. The second-order valence-corrected chi connectivity index (χ2v) is 7.00. The molecule has 0 radical (unpaired) electrons. The van der Waals surface area contributed by atoms with Gasteiger partial charge in [0.25, 0.3) is 0 Å². The molecular formula is C18H26N4O. The van der Waals surface area contributed by atoms with Crippen molar-refractivity contribution >= 4 is 11.2 Å². The lowest BCUT2D eigenvalue weighted by Gasteiger charge is -2.32. The van der Waals surface area contributed by atoms with Crippen LogP contribution in [-0.2, 0) is 4.74 Å². The number of fused-ring (bicyclic) bond motifs is 1. The Balaban J connectivity index is 1.82.